The maximum Gasteiger partial charge on any atom is 0.293 e. The smallest absolute Gasteiger partial charge is 0.293 e. The van der Waals surface area contributed by atoms with Gasteiger partial charge in [0.25, 0.3) is 5.56 Å². The van der Waals surface area contributed by atoms with Crippen molar-refractivity contribution in [2.75, 3.05) is 11.9 Å². The third-order valence-electron chi connectivity index (χ3n) is 3.81. The summed E-state index contributed by atoms with van der Waals surface area (Å²) in [5, 5.41) is 0. The lowest BCUT2D eigenvalue weighted by molar-refractivity contribution is 0.615. The average Bonchev–Trinajstić information content (AvgIpc) is 3.27. The van der Waals surface area contributed by atoms with Crippen molar-refractivity contribution in [3.8, 4) is 0 Å². The first-order valence-electron chi connectivity index (χ1n) is 7.09. The third kappa shape index (κ3) is 2.82. The van der Waals surface area contributed by atoms with Gasteiger partial charge in [-0.25, -0.2) is 9.37 Å². The lowest BCUT2D eigenvalue weighted by Crippen LogP contribution is -2.30. The zero-order valence-electron chi connectivity index (χ0n) is 12.2. The summed E-state index contributed by atoms with van der Waals surface area (Å²) in [6.45, 7) is 2.18. The minimum atomic E-state index is -0.225. The third-order valence-corrected chi connectivity index (χ3v) is 3.81. The van der Waals surface area contributed by atoms with E-state index in [0.717, 1.165) is 18.4 Å². The molecular formula is C16H18FN3O. The van der Waals surface area contributed by atoms with Crippen molar-refractivity contribution in [1.29, 1.82) is 0 Å². The highest BCUT2D eigenvalue weighted by Gasteiger charge is 2.25. The van der Waals surface area contributed by atoms with Crippen LogP contribution in [0.25, 0.3) is 0 Å². The molecule has 1 heterocycles. The number of hydrogen-bond donors (Lipinski definition) is 0. The van der Waals surface area contributed by atoms with Gasteiger partial charge < -0.3 is 9.47 Å². The number of aromatic nitrogens is 2. The lowest BCUT2D eigenvalue weighted by Gasteiger charge is -2.18. The molecule has 0 aliphatic heterocycles. The number of aryl methyl sites for hydroxylation is 1. The maximum absolute atomic E-state index is 13.6. The van der Waals surface area contributed by atoms with Crippen LogP contribution in [0, 0.1) is 12.7 Å². The minimum absolute atomic E-state index is 0.0740. The Balaban J connectivity index is 1.85. The SMILES string of the molecule is Cc1ccc(CN(C)c2nccn(C3CC3)c2=O)cc1F. The molecule has 0 N–H and O–H groups in total. The zero-order chi connectivity index (χ0) is 15.0. The number of benzene rings is 1. The predicted octanol–water partition coefficient (Wildman–Crippen LogP) is 2.66. The van der Waals surface area contributed by atoms with Crippen LogP contribution in [0.4, 0.5) is 10.2 Å². The fourth-order valence-corrected chi connectivity index (χ4v) is 2.40. The number of rotatable bonds is 4. The van der Waals surface area contributed by atoms with Crippen LogP contribution >= 0.6 is 0 Å². The van der Waals surface area contributed by atoms with Gasteiger partial charge in [-0.3, -0.25) is 4.79 Å². The van der Waals surface area contributed by atoms with Gasteiger partial charge in [0.05, 0.1) is 0 Å². The second-order valence-corrected chi connectivity index (χ2v) is 5.63. The second-order valence-electron chi connectivity index (χ2n) is 5.63. The van der Waals surface area contributed by atoms with Crippen LogP contribution in [0.15, 0.2) is 35.4 Å². The van der Waals surface area contributed by atoms with Gasteiger partial charge in [-0.2, -0.15) is 0 Å². The van der Waals surface area contributed by atoms with Gasteiger partial charge >= 0.3 is 0 Å². The summed E-state index contributed by atoms with van der Waals surface area (Å²) in [5.74, 6) is 0.183. The van der Waals surface area contributed by atoms with Crippen LogP contribution in [-0.2, 0) is 6.54 Å². The summed E-state index contributed by atoms with van der Waals surface area (Å²) in [6, 6.07) is 5.45. The molecule has 1 fully saturated rings. The topological polar surface area (TPSA) is 38.1 Å². The van der Waals surface area contributed by atoms with Crippen LogP contribution in [0.2, 0.25) is 0 Å². The van der Waals surface area contributed by atoms with Crippen LogP contribution < -0.4 is 10.5 Å². The van der Waals surface area contributed by atoms with E-state index in [0.29, 0.717) is 24.0 Å². The summed E-state index contributed by atoms with van der Waals surface area (Å²) in [6.07, 6.45) is 5.50. The molecule has 0 unspecified atom stereocenters. The number of hydrogen-bond acceptors (Lipinski definition) is 3. The minimum Gasteiger partial charge on any atom is -0.351 e. The first kappa shape index (κ1) is 13.8. The van der Waals surface area contributed by atoms with Gasteiger partial charge in [0.1, 0.15) is 5.82 Å². The summed E-state index contributed by atoms with van der Waals surface area (Å²) in [7, 11) is 1.80. The van der Waals surface area contributed by atoms with E-state index in [4.69, 9.17) is 0 Å². The largest absolute Gasteiger partial charge is 0.351 e. The Hall–Kier alpha value is -2.17. The van der Waals surface area contributed by atoms with Gasteiger partial charge in [-0.05, 0) is 37.0 Å². The van der Waals surface area contributed by atoms with Gasteiger partial charge in [-0.1, -0.05) is 12.1 Å². The van der Waals surface area contributed by atoms with E-state index >= 15 is 0 Å². The van der Waals surface area contributed by atoms with E-state index < -0.39 is 0 Å². The van der Waals surface area contributed by atoms with E-state index in [-0.39, 0.29) is 11.4 Å². The second kappa shape index (κ2) is 5.31. The Labute approximate surface area is 122 Å². The van der Waals surface area contributed by atoms with Crippen LogP contribution in [-0.4, -0.2) is 16.6 Å². The van der Waals surface area contributed by atoms with Crippen LogP contribution in [0.3, 0.4) is 0 Å². The molecule has 4 nitrogen and oxygen atoms in total. The summed E-state index contributed by atoms with van der Waals surface area (Å²) in [5.41, 5.74) is 1.37. The van der Waals surface area contributed by atoms with Gasteiger partial charge in [0, 0.05) is 32.0 Å². The molecule has 0 atom stereocenters. The highest BCUT2D eigenvalue weighted by molar-refractivity contribution is 5.37. The standard InChI is InChI=1S/C16H18FN3O/c1-11-3-4-12(9-14(11)17)10-19(2)15-16(21)20(8-7-18-15)13-5-6-13/h3-4,7-9,13H,5-6,10H2,1-2H3. The fourth-order valence-electron chi connectivity index (χ4n) is 2.40. The quantitative estimate of drug-likeness (QED) is 0.867. The molecule has 1 aromatic carbocycles. The number of halogens is 1. The molecule has 0 amide bonds. The summed E-state index contributed by atoms with van der Waals surface area (Å²) < 4.78 is 15.3. The van der Waals surface area contributed by atoms with Crippen LogP contribution in [0.1, 0.15) is 30.0 Å². The molecule has 21 heavy (non-hydrogen) atoms. The molecule has 0 saturated heterocycles. The van der Waals surface area contributed by atoms with Crippen molar-refractivity contribution in [3.63, 3.8) is 0 Å². The first-order valence-corrected chi connectivity index (χ1v) is 7.09. The summed E-state index contributed by atoms with van der Waals surface area (Å²) >= 11 is 0. The Kier molecular flexibility index (Phi) is 3.49. The first-order chi connectivity index (χ1) is 10.1. The van der Waals surface area contributed by atoms with Crippen molar-refractivity contribution in [2.45, 2.75) is 32.4 Å². The average molecular weight is 287 g/mol. The molecule has 110 valence electrons. The molecule has 1 aliphatic carbocycles. The van der Waals surface area contributed by atoms with Crippen molar-refractivity contribution in [2.24, 2.45) is 0 Å². The van der Waals surface area contributed by atoms with Crippen molar-refractivity contribution < 1.29 is 4.39 Å². The molecule has 1 aromatic heterocycles. The van der Waals surface area contributed by atoms with E-state index in [1.807, 2.05) is 6.07 Å². The fraction of sp³-hybridized carbons (Fsp3) is 0.375. The van der Waals surface area contributed by atoms with Gasteiger partial charge in [0.2, 0.25) is 0 Å². The Morgan fingerprint density at radius 1 is 1.43 bits per heavy atom. The van der Waals surface area contributed by atoms with Crippen molar-refractivity contribution >= 4 is 5.82 Å². The Morgan fingerprint density at radius 2 is 2.19 bits per heavy atom. The van der Waals surface area contributed by atoms with Crippen molar-refractivity contribution in [1.82, 2.24) is 9.55 Å². The molecule has 1 saturated carbocycles. The van der Waals surface area contributed by atoms with E-state index in [1.54, 1.807) is 41.9 Å². The number of anilines is 1. The zero-order valence-corrected chi connectivity index (χ0v) is 12.2. The molecule has 0 bridgehead atoms. The normalized spacial score (nSPS) is 14.2. The Bertz CT molecular complexity index is 722. The predicted molar refractivity (Wildman–Crippen MR) is 80.0 cm³/mol. The van der Waals surface area contributed by atoms with Crippen molar-refractivity contribution in [3.05, 3.63) is 57.9 Å². The molecule has 5 heteroatoms. The Morgan fingerprint density at radius 3 is 2.86 bits per heavy atom. The van der Waals surface area contributed by atoms with Crippen LogP contribution in [0.5, 0.6) is 0 Å². The van der Waals surface area contributed by atoms with E-state index in [1.165, 1.54) is 6.07 Å². The highest BCUT2D eigenvalue weighted by atomic mass is 19.1. The molecule has 1 aliphatic rings. The van der Waals surface area contributed by atoms with Gasteiger partial charge in [0.15, 0.2) is 5.82 Å². The molecular weight excluding hydrogens is 269 g/mol. The molecule has 0 radical (unpaired) electrons. The number of nitrogens with zero attached hydrogens (tertiary/aromatic N) is 3. The summed E-state index contributed by atoms with van der Waals surface area (Å²) in [4.78, 5) is 18.3. The van der Waals surface area contributed by atoms with E-state index in [9.17, 15) is 9.18 Å². The molecule has 0 spiro atoms. The molecule has 3 rings (SSSR count). The lowest BCUT2D eigenvalue weighted by atomic mass is 10.1. The molecule has 2 aromatic rings. The highest BCUT2D eigenvalue weighted by Crippen LogP contribution is 2.33. The monoisotopic (exact) mass is 287 g/mol. The maximum atomic E-state index is 13.6. The van der Waals surface area contributed by atoms with Gasteiger partial charge in [-0.15, -0.1) is 0 Å². The van der Waals surface area contributed by atoms with E-state index in [2.05, 4.69) is 4.98 Å².